The van der Waals surface area contributed by atoms with Gasteiger partial charge in [0.25, 0.3) is 0 Å². The van der Waals surface area contributed by atoms with Crippen LogP contribution in [-0.2, 0) is 22.4 Å². The van der Waals surface area contributed by atoms with Gasteiger partial charge >= 0.3 is 11.9 Å². The Balaban J connectivity index is 1.89. The lowest BCUT2D eigenvalue weighted by molar-refractivity contribution is -0.147. The summed E-state index contributed by atoms with van der Waals surface area (Å²) in [6.07, 6.45) is 9.04. The lowest BCUT2D eigenvalue weighted by Crippen LogP contribution is -2.23. The maximum absolute atomic E-state index is 11.3. The van der Waals surface area contributed by atoms with Crippen molar-refractivity contribution < 1.29 is 19.8 Å². The molecule has 4 nitrogen and oxygen atoms in total. The van der Waals surface area contributed by atoms with Gasteiger partial charge in [-0.1, -0.05) is 30.5 Å². The van der Waals surface area contributed by atoms with E-state index in [1.165, 1.54) is 22.3 Å². The molecule has 1 fully saturated rings. The second-order valence-electron chi connectivity index (χ2n) is 9.41. The predicted octanol–water partition coefficient (Wildman–Crippen LogP) is 5.70. The van der Waals surface area contributed by atoms with Gasteiger partial charge in [0.05, 0.1) is 10.8 Å². The first-order valence-electron chi connectivity index (χ1n) is 10.6. The lowest BCUT2D eigenvalue weighted by Gasteiger charge is -2.19. The zero-order valence-corrected chi connectivity index (χ0v) is 17.9. The summed E-state index contributed by atoms with van der Waals surface area (Å²) in [4.78, 5) is 22.6. The average molecular weight is 389 g/mol. The second kappa shape index (κ2) is 9.11. The monoisotopic (exact) mass is 388 g/mol. The van der Waals surface area contributed by atoms with E-state index >= 15 is 0 Å². The van der Waals surface area contributed by atoms with Crippen molar-refractivity contribution in [3.05, 3.63) is 34.4 Å². The van der Waals surface area contributed by atoms with Crippen LogP contribution in [0.25, 0.3) is 0 Å². The summed E-state index contributed by atoms with van der Waals surface area (Å²) in [6, 6.07) is 4.50. The van der Waals surface area contributed by atoms with Gasteiger partial charge < -0.3 is 10.2 Å². The first-order valence-corrected chi connectivity index (χ1v) is 10.6. The molecule has 28 heavy (non-hydrogen) atoms. The summed E-state index contributed by atoms with van der Waals surface area (Å²) in [5.41, 5.74) is 4.30. The van der Waals surface area contributed by atoms with Gasteiger partial charge in [0.1, 0.15) is 0 Å². The molecule has 1 aromatic carbocycles. The van der Waals surface area contributed by atoms with Gasteiger partial charge in [0, 0.05) is 0 Å². The van der Waals surface area contributed by atoms with Crippen molar-refractivity contribution in [2.75, 3.05) is 0 Å². The molecule has 0 radical (unpaired) electrons. The highest BCUT2D eigenvalue weighted by atomic mass is 16.4. The van der Waals surface area contributed by atoms with E-state index in [1.807, 2.05) is 0 Å². The summed E-state index contributed by atoms with van der Waals surface area (Å²) < 4.78 is 0. The highest BCUT2D eigenvalue weighted by Crippen LogP contribution is 2.50. The molecule has 1 aliphatic carbocycles. The van der Waals surface area contributed by atoms with Crippen LogP contribution < -0.4 is 0 Å². The smallest absolute Gasteiger partial charge is 0.309 e. The third-order valence-corrected chi connectivity index (χ3v) is 6.43. The van der Waals surface area contributed by atoms with Crippen molar-refractivity contribution in [1.29, 1.82) is 0 Å². The molecule has 2 N–H and O–H groups in total. The Morgan fingerprint density at radius 1 is 1.00 bits per heavy atom. The van der Waals surface area contributed by atoms with Gasteiger partial charge in [-0.25, -0.2) is 0 Å². The van der Waals surface area contributed by atoms with Crippen molar-refractivity contribution in [3.63, 3.8) is 0 Å². The molecule has 1 aromatic rings. The van der Waals surface area contributed by atoms with Crippen LogP contribution >= 0.6 is 0 Å². The molecule has 4 heteroatoms. The van der Waals surface area contributed by atoms with Gasteiger partial charge in [0.15, 0.2) is 0 Å². The fourth-order valence-electron chi connectivity index (χ4n) is 4.14. The van der Waals surface area contributed by atoms with Crippen LogP contribution in [0, 0.1) is 24.7 Å². The number of benzene rings is 1. The van der Waals surface area contributed by atoms with Crippen LogP contribution in [0.1, 0.15) is 87.5 Å². The molecule has 0 unspecified atom stereocenters. The highest BCUT2D eigenvalue weighted by Gasteiger charge is 2.49. The average Bonchev–Trinajstić information content (AvgIpc) is 3.38. The molecule has 0 aromatic heterocycles. The van der Waals surface area contributed by atoms with Crippen LogP contribution in [-0.4, -0.2) is 22.2 Å². The summed E-state index contributed by atoms with van der Waals surface area (Å²) in [7, 11) is 0. The van der Waals surface area contributed by atoms with Crippen molar-refractivity contribution in [2.45, 2.75) is 91.9 Å². The molecule has 0 spiro atoms. The van der Waals surface area contributed by atoms with Crippen molar-refractivity contribution in [3.8, 4) is 0 Å². The summed E-state index contributed by atoms with van der Waals surface area (Å²) in [5, 5.41) is 18.6. The van der Waals surface area contributed by atoms with Gasteiger partial charge in [-0.2, -0.15) is 0 Å². The van der Waals surface area contributed by atoms with Crippen LogP contribution in [0.4, 0.5) is 0 Å². The van der Waals surface area contributed by atoms with Crippen LogP contribution in [0.15, 0.2) is 12.1 Å². The largest absolute Gasteiger partial charge is 0.481 e. The number of hydrogen-bond acceptors (Lipinski definition) is 2. The number of unbranched alkanes of at least 4 members (excludes halogenated alkanes) is 2. The van der Waals surface area contributed by atoms with E-state index in [1.54, 1.807) is 13.8 Å². The van der Waals surface area contributed by atoms with Crippen molar-refractivity contribution in [2.24, 2.45) is 10.8 Å². The SMILES string of the molecule is Cc1cc(C)c(CCCCC(C)(C)C(=O)O)c(CCCCC2(C(=O)O)CC2)c1. The van der Waals surface area contributed by atoms with Gasteiger partial charge in [-0.15, -0.1) is 0 Å². The molecule has 0 aliphatic heterocycles. The number of carboxylic acids is 2. The summed E-state index contributed by atoms with van der Waals surface area (Å²) >= 11 is 0. The van der Waals surface area contributed by atoms with Gasteiger partial charge in [0.2, 0.25) is 0 Å². The number of carboxylic acid groups (broad SMARTS) is 2. The van der Waals surface area contributed by atoms with Crippen LogP contribution in [0.2, 0.25) is 0 Å². The van der Waals surface area contributed by atoms with Gasteiger partial charge in [-0.05, 0) is 95.8 Å². The minimum atomic E-state index is -0.727. The fourth-order valence-corrected chi connectivity index (χ4v) is 4.14. The molecule has 0 saturated heterocycles. The van der Waals surface area contributed by atoms with E-state index in [4.69, 9.17) is 0 Å². The maximum atomic E-state index is 11.3. The van der Waals surface area contributed by atoms with E-state index < -0.39 is 22.8 Å². The highest BCUT2D eigenvalue weighted by molar-refractivity contribution is 5.77. The Labute approximate surface area is 169 Å². The molecular weight excluding hydrogens is 352 g/mol. The van der Waals surface area contributed by atoms with Crippen LogP contribution in [0.5, 0.6) is 0 Å². The maximum Gasteiger partial charge on any atom is 0.309 e. The number of hydrogen-bond donors (Lipinski definition) is 2. The Hall–Kier alpha value is -1.84. The number of rotatable bonds is 12. The fraction of sp³-hybridized carbons (Fsp3) is 0.667. The standard InChI is InChI=1S/C24H36O4/c1-17-15-18(2)20(10-6-7-11-23(3,4)21(25)26)19(16-17)9-5-8-12-24(13-14-24)22(27)28/h15-16H,5-14H2,1-4H3,(H,25,26)(H,27,28). The third-order valence-electron chi connectivity index (χ3n) is 6.43. The molecule has 1 aliphatic rings. The predicted molar refractivity (Wildman–Crippen MR) is 112 cm³/mol. The molecule has 0 bridgehead atoms. The molecular formula is C24H36O4. The Kier molecular flexibility index (Phi) is 7.30. The van der Waals surface area contributed by atoms with E-state index in [2.05, 4.69) is 26.0 Å². The molecule has 2 rings (SSSR count). The number of carbonyl (C=O) groups is 2. The quantitative estimate of drug-likeness (QED) is 0.450. The normalized spacial score (nSPS) is 15.4. The minimum Gasteiger partial charge on any atom is -0.481 e. The van der Waals surface area contributed by atoms with Gasteiger partial charge in [-0.3, -0.25) is 9.59 Å². The zero-order valence-electron chi connectivity index (χ0n) is 17.9. The molecule has 0 amide bonds. The second-order valence-corrected chi connectivity index (χ2v) is 9.41. The van der Waals surface area contributed by atoms with E-state index in [9.17, 15) is 19.8 Å². The summed E-state index contributed by atoms with van der Waals surface area (Å²) in [6.45, 7) is 7.87. The van der Waals surface area contributed by atoms with E-state index in [0.717, 1.165) is 57.8 Å². The van der Waals surface area contributed by atoms with Crippen molar-refractivity contribution in [1.82, 2.24) is 0 Å². The Morgan fingerprint density at radius 3 is 2.21 bits per heavy atom. The van der Waals surface area contributed by atoms with E-state index in [-0.39, 0.29) is 0 Å². The minimum absolute atomic E-state index is 0.414. The van der Waals surface area contributed by atoms with Crippen LogP contribution in [0.3, 0.4) is 0 Å². The molecule has 0 heterocycles. The molecule has 1 saturated carbocycles. The zero-order chi connectivity index (χ0) is 20.9. The number of aryl methyl sites for hydroxylation is 3. The van der Waals surface area contributed by atoms with E-state index in [0.29, 0.717) is 6.42 Å². The summed E-state index contributed by atoms with van der Waals surface area (Å²) in [5.74, 6) is -1.35. The number of aliphatic carboxylic acids is 2. The first-order chi connectivity index (χ1) is 13.1. The molecule has 156 valence electrons. The lowest BCUT2D eigenvalue weighted by atomic mass is 9.85. The first kappa shape index (κ1) is 22.4. The topological polar surface area (TPSA) is 74.6 Å². The molecule has 0 atom stereocenters. The van der Waals surface area contributed by atoms with Crippen molar-refractivity contribution >= 4 is 11.9 Å². The third kappa shape index (κ3) is 5.83. The Morgan fingerprint density at radius 2 is 1.64 bits per heavy atom. The Bertz CT molecular complexity index is 714.